The van der Waals surface area contributed by atoms with Gasteiger partial charge in [0.15, 0.2) is 0 Å². The molecule has 3 amide bonds. The van der Waals surface area contributed by atoms with Gasteiger partial charge in [0.05, 0.1) is 12.7 Å². The minimum Gasteiger partial charge on any atom is -0.444 e. The van der Waals surface area contributed by atoms with Crippen molar-refractivity contribution in [3.8, 4) is 6.07 Å². The maximum atomic E-state index is 13.4. The zero-order valence-electron chi connectivity index (χ0n) is 21.1. The topological polar surface area (TPSA) is 132 Å². The van der Waals surface area contributed by atoms with Crippen LogP contribution in [0, 0.1) is 25.2 Å². The molecule has 2 unspecified atom stereocenters. The number of nitriles is 1. The molecule has 0 heterocycles. The number of nitrogens with one attached hydrogen (secondary N) is 2. The first-order chi connectivity index (χ1) is 15.9. The monoisotopic (exact) mass is 474 g/mol. The van der Waals surface area contributed by atoms with Crippen LogP contribution in [0.4, 0.5) is 4.79 Å². The van der Waals surface area contributed by atoms with Crippen LogP contribution in [0.1, 0.15) is 69.7 Å². The van der Waals surface area contributed by atoms with Crippen molar-refractivity contribution in [1.82, 2.24) is 15.5 Å². The largest absolute Gasteiger partial charge is 0.444 e. The van der Waals surface area contributed by atoms with Crippen molar-refractivity contribution in [3.63, 3.8) is 0 Å². The van der Waals surface area contributed by atoms with E-state index in [4.69, 9.17) is 4.74 Å². The van der Waals surface area contributed by atoms with Gasteiger partial charge in [-0.3, -0.25) is 9.59 Å². The Hall–Kier alpha value is -3.12. The van der Waals surface area contributed by atoms with Crippen LogP contribution in [-0.2, 0) is 14.3 Å². The SMILES string of the molecule is CCCCCNC(=O)C(c1cc(C)cc(C)c1)N(CC#N)C(=O)C(CO)NC(=O)OC(C)(C)C. The first kappa shape index (κ1) is 28.9. The van der Waals surface area contributed by atoms with Crippen LogP contribution in [0.2, 0.25) is 0 Å². The zero-order valence-corrected chi connectivity index (χ0v) is 21.1. The molecule has 0 radical (unpaired) electrons. The molecule has 188 valence electrons. The van der Waals surface area contributed by atoms with Crippen molar-refractivity contribution in [2.24, 2.45) is 0 Å². The van der Waals surface area contributed by atoms with Crippen molar-refractivity contribution in [3.05, 3.63) is 34.9 Å². The number of carbonyl (C=O) groups excluding carboxylic acids is 3. The molecule has 0 aliphatic rings. The van der Waals surface area contributed by atoms with E-state index in [0.29, 0.717) is 12.1 Å². The number of ether oxygens (including phenoxy) is 1. The average molecular weight is 475 g/mol. The smallest absolute Gasteiger partial charge is 0.408 e. The van der Waals surface area contributed by atoms with Crippen LogP contribution in [0.15, 0.2) is 18.2 Å². The van der Waals surface area contributed by atoms with E-state index in [1.165, 1.54) is 0 Å². The first-order valence-corrected chi connectivity index (χ1v) is 11.6. The van der Waals surface area contributed by atoms with Crippen LogP contribution in [-0.4, -0.2) is 59.3 Å². The van der Waals surface area contributed by atoms with E-state index in [0.717, 1.165) is 35.3 Å². The first-order valence-electron chi connectivity index (χ1n) is 11.6. The minimum absolute atomic E-state index is 0.411. The normalized spacial score (nSPS) is 12.8. The lowest BCUT2D eigenvalue weighted by molar-refractivity contribution is -0.142. The Kier molecular flexibility index (Phi) is 11.5. The van der Waals surface area contributed by atoms with Gasteiger partial charge in [0, 0.05) is 6.54 Å². The molecule has 3 N–H and O–H groups in total. The number of carbonyl (C=O) groups is 3. The Morgan fingerprint density at radius 3 is 2.26 bits per heavy atom. The van der Waals surface area contributed by atoms with E-state index in [1.807, 2.05) is 26.0 Å². The summed E-state index contributed by atoms with van der Waals surface area (Å²) in [5.41, 5.74) is 1.53. The number of aryl methyl sites for hydroxylation is 2. The van der Waals surface area contributed by atoms with Gasteiger partial charge in [-0.25, -0.2) is 4.79 Å². The van der Waals surface area contributed by atoms with Gasteiger partial charge in [-0.15, -0.1) is 0 Å². The summed E-state index contributed by atoms with van der Waals surface area (Å²) in [7, 11) is 0. The van der Waals surface area contributed by atoms with Crippen LogP contribution in [0.25, 0.3) is 0 Å². The summed E-state index contributed by atoms with van der Waals surface area (Å²) in [4.78, 5) is 40.0. The number of nitrogens with zero attached hydrogens (tertiary/aromatic N) is 2. The highest BCUT2D eigenvalue weighted by Crippen LogP contribution is 2.25. The summed E-state index contributed by atoms with van der Waals surface area (Å²) in [6.07, 6.45) is 1.84. The highest BCUT2D eigenvalue weighted by atomic mass is 16.6. The lowest BCUT2D eigenvalue weighted by atomic mass is 9.98. The molecule has 9 heteroatoms. The Bertz CT molecular complexity index is 868. The maximum absolute atomic E-state index is 13.4. The van der Waals surface area contributed by atoms with Crippen LogP contribution in [0.3, 0.4) is 0 Å². The number of hydrogen-bond donors (Lipinski definition) is 3. The highest BCUT2D eigenvalue weighted by Gasteiger charge is 2.36. The van der Waals surface area contributed by atoms with Gasteiger partial charge in [0.2, 0.25) is 11.8 Å². The number of hydrogen-bond acceptors (Lipinski definition) is 6. The van der Waals surface area contributed by atoms with Gasteiger partial charge in [-0.2, -0.15) is 5.26 Å². The van der Waals surface area contributed by atoms with Crippen LogP contribution < -0.4 is 10.6 Å². The van der Waals surface area contributed by atoms with Gasteiger partial charge >= 0.3 is 6.09 Å². The molecule has 0 aliphatic carbocycles. The van der Waals surface area contributed by atoms with E-state index in [1.54, 1.807) is 32.9 Å². The maximum Gasteiger partial charge on any atom is 0.408 e. The summed E-state index contributed by atoms with van der Waals surface area (Å²) in [6.45, 7) is 10.1. The Labute approximate surface area is 202 Å². The molecule has 2 atom stereocenters. The van der Waals surface area contributed by atoms with Gasteiger partial charge in [0.1, 0.15) is 24.2 Å². The number of benzene rings is 1. The van der Waals surface area contributed by atoms with Crippen molar-refractivity contribution in [2.45, 2.75) is 78.5 Å². The molecule has 1 rings (SSSR count). The fourth-order valence-electron chi connectivity index (χ4n) is 3.53. The second-order valence-electron chi connectivity index (χ2n) is 9.33. The van der Waals surface area contributed by atoms with Crippen molar-refractivity contribution < 1.29 is 24.2 Å². The van der Waals surface area contributed by atoms with E-state index in [-0.39, 0.29) is 0 Å². The molecule has 0 fully saturated rings. The highest BCUT2D eigenvalue weighted by molar-refractivity contribution is 5.92. The van der Waals surface area contributed by atoms with Crippen molar-refractivity contribution in [2.75, 3.05) is 19.7 Å². The fraction of sp³-hybridized carbons (Fsp3) is 0.600. The van der Waals surface area contributed by atoms with E-state index >= 15 is 0 Å². The second kappa shape index (κ2) is 13.6. The lowest BCUT2D eigenvalue weighted by Gasteiger charge is -2.32. The molecule has 34 heavy (non-hydrogen) atoms. The second-order valence-corrected chi connectivity index (χ2v) is 9.33. The van der Waals surface area contributed by atoms with Crippen LogP contribution >= 0.6 is 0 Å². The molecule has 0 spiro atoms. The predicted octanol–water partition coefficient (Wildman–Crippen LogP) is 2.89. The van der Waals surface area contributed by atoms with Gasteiger partial charge in [0.25, 0.3) is 0 Å². The van der Waals surface area contributed by atoms with Crippen LogP contribution in [0.5, 0.6) is 0 Å². The third-order valence-electron chi connectivity index (χ3n) is 4.90. The molecule has 0 bridgehead atoms. The Morgan fingerprint density at radius 1 is 1.15 bits per heavy atom. The molecule has 0 saturated heterocycles. The quantitative estimate of drug-likeness (QED) is 0.334. The van der Waals surface area contributed by atoms with Crippen molar-refractivity contribution in [1.29, 1.82) is 5.26 Å². The number of amides is 3. The van der Waals surface area contributed by atoms with Gasteiger partial charge < -0.3 is 25.4 Å². The summed E-state index contributed by atoms with van der Waals surface area (Å²) in [5, 5.41) is 24.5. The van der Waals surface area contributed by atoms with Crippen molar-refractivity contribution >= 4 is 17.9 Å². The lowest BCUT2D eigenvalue weighted by Crippen LogP contribution is -2.54. The standard InChI is InChI=1S/C25H38N4O5/c1-7-8-9-11-27-22(31)21(19-14-17(2)13-18(3)15-19)29(12-10-26)23(32)20(16-30)28-24(33)34-25(4,5)6/h13-15,20-21,30H,7-9,11-12,16H2,1-6H3,(H,27,31)(H,28,33). The number of alkyl carbamates (subject to hydrolysis) is 1. The number of unbranched alkanes of at least 4 members (excludes halogenated alkanes) is 2. The third-order valence-corrected chi connectivity index (χ3v) is 4.90. The molecule has 0 saturated carbocycles. The molecule has 0 aliphatic heterocycles. The summed E-state index contributed by atoms with van der Waals surface area (Å²) in [5.74, 6) is -1.19. The van der Waals surface area contributed by atoms with E-state index in [9.17, 15) is 24.8 Å². The third kappa shape index (κ3) is 9.40. The average Bonchev–Trinajstić information content (AvgIpc) is 2.72. The number of rotatable bonds is 11. The van der Waals surface area contributed by atoms with E-state index in [2.05, 4.69) is 17.6 Å². The summed E-state index contributed by atoms with van der Waals surface area (Å²) >= 11 is 0. The van der Waals surface area contributed by atoms with E-state index < -0.39 is 48.7 Å². The summed E-state index contributed by atoms with van der Waals surface area (Å²) < 4.78 is 5.18. The fourth-order valence-corrected chi connectivity index (χ4v) is 3.53. The molecule has 1 aromatic rings. The number of aliphatic hydroxyl groups excluding tert-OH is 1. The van der Waals surface area contributed by atoms with Gasteiger partial charge in [-0.05, 0) is 46.6 Å². The van der Waals surface area contributed by atoms with Gasteiger partial charge in [-0.1, -0.05) is 49.1 Å². The minimum atomic E-state index is -1.38. The predicted molar refractivity (Wildman–Crippen MR) is 129 cm³/mol. The Morgan fingerprint density at radius 2 is 1.76 bits per heavy atom. The summed E-state index contributed by atoms with van der Waals surface area (Å²) in [6, 6.07) is 4.95. The molecule has 1 aromatic carbocycles. The Balaban J connectivity index is 3.33. The zero-order chi connectivity index (χ0) is 25.9. The molecule has 0 aromatic heterocycles. The molecular weight excluding hydrogens is 436 g/mol. The molecule has 9 nitrogen and oxygen atoms in total. The number of aliphatic hydroxyl groups is 1. The molecular formula is C25H38N4O5.